The van der Waals surface area contributed by atoms with Crippen LogP contribution in [0.15, 0.2) is 40.9 Å². The second kappa shape index (κ2) is 4.31. The highest BCUT2D eigenvalue weighted by molar-refractivity contribution is 8.14. The van der Waals surface area contributed by atoms with Crippen LogP contribution in [0.3, 0.4) is 0 Å². The molecule has 0 saturated heterocycles. The summed E-state index contributed by atoms with van der Waals surface area (Å²) in [7, 11) is -3.57. The molecule has 4 nitrogen and oxygen atoms in total. The fourth-order valence-electron chi connectivity index (χ4n) is 1.32. The van der Waals surface area contributed by atoms with Gasteiger partial charge >= 0.3 is 0 Å². The molecule has 84 valence electrons. The van der Waals surface area contributed by atoms with E-state index in [0.717, 1.165) is 0 Å². The van der Waals surface area contributed by atoms with Crippen LogP contribution >= 0.6 is 11.8 Å². The molecule has 1 aromatic rings. The molecule has 0 amide bonds. The van der Waals surface area contributed by atoms with E-state index in [1.54, 1.807) is 30.5 Å². The molecule has 0 radical (unpaired) electrons. The van der Waals surface area contributed by atoms with E-state index >= 15 is 0 Å². The van der Waals surface area contributed by atoms with Gasteiger partial charge in [-0.2, -0.15) is 8.42 Å². The number of thioether (sulfide) groups is 1. The van der Waals surface area contributed by atoms with Crippen LogP contribution in [0.25, 0.3) is 4.91 Å². The Bertz CT molecular complexity index is 547. The Hall–Kier alpha value is -1.27. The third-order valence-electron chi connectivity index (χ3n) is 2.06. The molecule has 1 aromatic carbocycles. The van der Waals surface area contributed by atoms with Crippen molar-refractivity contribution in [2.24, 2.45) is 4.40 Å². The van der Waals surface area contributed by atoms with E-state index in [0.29, 0.717) is 10.7 Å². The van der Waals surface area contributed by atoms with Gasteiger partial charge in [-0.25, -0.2) is 0 Å². The lowest BCUT2D eigenvalue weighted by Crippen LogP contribution is -2.22. The summed E-state index contributed by atoms with van der Waals surface area (Å²) < 4.78 is 27.3. The largest absolute Gasteiger partial charge is 0.339 e. The summed E-state index contributed by atoms with van der Waals surface area (Å²) in [5.41, 5.74) is 0.638. The van der Waals surface area contributed by atoms with Crippen molar-refractivity contribution in [1.82, 2.24) is 5.32 Å². The molecule has 0 aliphatic carbocycles. The lowest BCUT2D eigenvalue weighted by atomic mass is 10.2. The van der Waals surface area contributed by atoms with Crippen LogP contribution in [0.1, 0.15) is 5.56 Å². The van der Waals surface area contributed by atoms with Crippen molar-refractivity contribution in [3.05, 3.63) is 42.1 Å². The van der Waals surface area contributed by atoms with Crippen molar-refractivity contribution in [3.63, 3.8) is 0 Å². The molecule has 16 heavy (non-hydrogen) atoms. The number of nitrogens with one attached hydrogen (secondary N) is 1. The van der Waals surface area contributed by atoms with Crippen molar-refractivity contribution in [3.8, 4) is 0 Å². The minimum absolute atomic E-state index is 0.200. The zero-order chi connectivity index (χ0) is 11.6. The highest BCUT2D eigenvalue weighted by atomic mass is 32.2. The average Bonchev–Trinajstić information content (AvgIpc) is 2.28. The van der Waals surface area contributed by atoms with Gasteiger partial charge in [0.2, 0.25) is 0 Å². The summed E-state index contributed by atoms with van der Waals surface area (Å²) in [6.45, 7) is 0. The van der Waals surface area contributed by atoms with E-state index in [2.05, 4.69) is 9.71 Å². The van der Waals surface area contributed by atoms with E-state index in [9.17, 15) is 8.42 Å². The molecule has 1 aliphatic heterocycles. The van der Waals surface area contributed by atoms with Crippen molar-refractivity contribution in [1.29, 1.82) is 0 Å². The SMILES string of the molecule is CSC1=NS(=O)(=O)C(c2ccccc2)=CN1. The van der Waals surface area contributed by atoms with Gasteiger partial charge in [0.05, 0.1) is 0 Å². The quantitative estimate of drug-likeness (QED) is 0.827. The van der Waals surface area contributed by atoms with Crippen molar-refractivity contribution in [2.45, 2.75) is 0 Å². The van der Waals surface area contributed by atoms with Crippen molar-refractivity contribution < 1.29 is 8.42 Å². The van der Waals surface area contributed by atoms with Gasteiger partial charge in [0, 0.05) is 6.20 Å². The number of hydrogen-bond acceptors (Lipinski definition) is 4. The van der Waals surface area contributed by atoms with Crippen LogP contribution in [0.4, 0.5) is 0 Å². The molecular weight excluding hydrogens is 244 g/mol. The maximum Gasteiger partial charge on any atom is 0.286 e. The molecule has 0 fully saturated rings. The average molecular weight is 254 g/mol. The summed E-state index contributed by atoms with van der Waals surface area (Å²) in [4.78, 5) is 0.200. The summed E-state index contributed by atoms with van der Waals surface area (Å²) in [5, 5.41) is 3.23. The summed E-state index contributed by atoms with van der Waals surface area (Å²) >= 11 is 1.26. The topological polar surface area (TPSA) is 58.5 Å². The fourth-order valence-corrected chi connectivity index (χ4v) is 3.10. The van der Waals surface area contributed by atoms with Gasteiger partial charge in [-0.1, -0.05) is 42.1 Å². The standard InChI is InChI=1S/C10H10N2O2S2/c1-15-10-11-7-9(16(13,14)12-10)8-5-3-2-4-6-8/h2-7H,1H3,(H,11,12). The Balaban J connectivity index is 2.44. The Labute approximate surface area is 98.5 Å². The summed E-state index contributed by atoms with van der Waals surface area (Å²) in [6, 6.07) is 8.90. The first-order valence-electron chi connectivity index (χ1n) is 4.54. The molecule has 6 heteroatoms. The summed E-state index contributed by atoms with van der Waals surface area (Å²) in [6.07, 6.45) is 3.24. The van der Waals surface area contributed by atoms with E-state index in [4.69, 9.17) is 0 Å². The molecule has 0 spiro atoms. The number of benzene rings is 1. The highest BCUT2D eigenvalue weighted by Gasteiger charge is 2.23. The smallest absolute Gasteiger partial charge is 0.286 e. The van der Waals surface area contributed by atoms with E-state index in [-0.39, 0.29) is 4.91 Å². The predicted molar refractivity (Wildman–Crippen MR) is 67.4 cm³/mol. The molecule has 0 saturated carbocycles. The first-order valence-corrected chi connectivity index (χ1v) is 7.21. The minimum atomic E-state index is -3.57. The van der Waals surface area contributed by atoms with Gasteiger partial charge in [-0.3, -0.25) is 0 Å². The highest BCUT2D eigenvalue weighted by Crippen LogP contribution is 2.24. The Morgan fingerprint density at radius 1 is 1.25 bits per heavy atom. The van der Waals surface area contributed by atoms with E-state index < -0.39 is 10.0 Å². The van der Waals surface area contributed by atoms with Crippen molar-refractivity contribution in [2.75, 3.05) is 6.26 Å². The van der Waals surface area contributed by atoms with Gasteiger partial charge in [-0.15, -0.1) is 4.40 Å². The lowest BCUT2D eigenvalue weighted by molar-refractivity contribution is 0.607. The van der Waals surface area contributed by atoms with Crippen LogP contribution in [0.2, 0.25) is 0 Å². The first-order chi connectivity index (χ1) is 7.63. The van der Waals surface area contributed by atoms with Gasteiger partial charge in [0.1, 0.15) is 4.91 Å². The van der Waals surface area contributed by atoms with Gasteiger partial charge in [-0.05, 0) is 11.8 Å². The first kappa shape index (κ1) is 11.2. The third-order valence-corrected chi connectivity index (χ3v) is 4.10. The number of rotatable bonds is 1. The molecule has 0 aromatic heterocycles. The Morgan fingerprint density at radius 2 is 1.94 bits per heavy atom. The van der Waals surface area contributed by atoms with Crippen LogP contribution in [0, 0.1) is 0 Å². The van der Waals surface area contributed by atoms with Crippen LogP contribution in [-0.4, -0.2) is 19.8 Å². The van der Waals surface area contributed by atoms with Crippen LogP contribution in [0.5, 0.6) is 0 Å². The molecule has 0 bridgehead atoms. The van der Waals surface area contributed by atoms with E-state index in [1.165, 1.54) is 18.0 Å². The Kier molecular flexibility index (Phi) is 3.02. The zero-order valence-corrected chi connectivity index (χ0v) is 10.2. The number of nitrogens with zero attached hydrogens (tertiary/aromatic N) is 1. The maximum absolute atomic E-state index is 11.8. The second-order valence-corrected chi connectivity index (χ2v) is 5.46. The second-order valence-electron chi connectivity index (χ2n) is 3.09. The maximum atomic E-state index is 11.8. The molecular formula is C10H10N2O2S2. The molecule has 2 rings (SSSR count). The number of amidine groups is 1. The predicted octanol–water partition coefficient (Wildman–Crippen LogP) is 1.64. The fraction of sp³-hybridized carbons (Fsp3) is 0.100. The van der Waals surface area contributed by atoms with Gasteiger partial charge in [0.15, 0.2) is 5.17 Å². The molecule has 0 unspecified atom stereocenters. The van der Waals surface area contributed by atoms with Crippen LogP contribution < -0.4 is 5.32 Å². The summed E-state index contributed by atoms with van der Waals surface area (Å²) in [5.74, 6) is 0. The van der Waals surface area contributed by atoms with Gasteiger partial charge in [0.25, 0.3) is 10.0 Å². The molecule has 1 aliphatic rings. The normalized spacial score (nSPS) is 18.3. The zero-order valence-electron chi connectivity index (χ0n) is 8.54. The number of hydrogen-bond donors (Lipinski definition) is 1. The van der Waals surface area contributed by atoms with Crippen molar-refractivity contribution >= 4 is 31.9 Å². The van der Waals surface area contributed by atoms with Gasteiger partial charge < -0.3 is 5.32 Å². The lowest BCUT2D eigenvalue weighted by Gasteiger charge is -2.13. The van der Waals surface area contributed by atoms with Crippen LogP contribution in [-0.2, 0) is 10.0 Å². The molecule has 1 heterocycles. The minimum Gasteiger partial charge on any atom is -0.339 e. The molecule has 0 atom stereocenters. The van der Waals surface area contributed by atoms with E-state index in [1.807, 2.05) is 6.07 Å². The number of sulfonamides is 1. The Morgan fingerprint density at radius 3 is 2.50 bits per heavy atom. The third kappa shape index (κ3) is 2.12. The molecule has 1 N–H and O–H groups in total. The monoisotopic (exact) mass is 254 g/mol.